The van der Waals surface area contributed by atoms with Gasteiger partial charge in [-0.25, -0.2) is 0 Å². The smallest absolute Gasteiger partial charge is 0.0540 e. The van der Waals surface area contributed by atoms with Gasteiger partial charge in [0.05, 0.1) is 6.61 Å². The van der Waals surface area contributed by atoms with E-state index >= 15 is 0 Å². The van der Waals surface area contributed by atoms with Crippen LogP contribution in [0.15, 0.2) is 22.9 Å². The molecule has 0 radical (unpaired) electrons. The summed E-state index contributed by atoms with van der Waals surface area (Å²) < 4.78 is 0. The maximum absolute atomic E-state index is 8.72. The number of aliphatic hydroxyl groups is 1. The van der Waals surface area contributed by atoms with Crippen molar-refractivity contribution in [1.82, 2.24) is 4.90 Å². The van der Waals surface area contributed by atoms with Crippen molar-refractivity contribution >= 4 is 22.7 Å². The van der Waals surface area contributed by atoms with Crippen molar-refractivity contribution in [3.05, 3.63) is 43.8 Å². The van der Waals surface area contributed by atoms with Crippen molar-refractivity contribution in [1.29, 1.82) is 0 Å². The first-order valence-corrected chi connectivity index (χ1v) is 8.56. The molecular formula is C16H17NOS2. The van der Waals surface area contributed by atoms with Crippen LogP contribution in [0.5, 0.6) is 0 Å². The van der Waals surface area contributed by atoms with Crippen LogP contribution in [-0.4, -0.2) is 23.2 Å². The van der Waals surface area contributed by atoms with Gasteiger partial charge in [-0.2, -0.15) is 0 Å². The van der Waals surface area contributed by atoms with Gasteiger partial charge in [0, 0.05) is 46.8 Å². The second kappa shape index (κ2) is 6.55. The van der Waals surface area contributed by atoms with Crippen molar-refractivity contribution in [2.24, 2.45) is 0 Å². The number of thiophene rings is 2. The molecule has 1 N–H and O–H groups in total. The molecule has 0 bridgehead atoms. The summed E-state index contributed by atoms with van der Waals surface area (Å²) in [6.07, 6.45) is 1.74. The quantitative estimate of drug-likeness (QED) is 0.881. The van der Waals surface area contributed by atoms with Crippen molar-refractivity contribution < 1.29 is 5.11 Å². The van der Waals surface area contributed by atoms with Crippen molar-refractivity contribution in [2.45, 2.75) is 25.9 Å². The molecule has 2 aromatic heterocycles. The van der Waals surface area contributed by atoms with Gasteiger partial charge in [0.25, 0.3) is 0 Å². The summed E-state index contributed by atoms with van der Waals surface area (Å²) >= 11 is 3.67. The van der Waals surface area contributed by atoms with Crippen LogP contribution in [0, 0.1) is 11.8 Å². The molecule has 4 heteroatoms. The maximum atomic E-state index is 8.72. The predicted molar refractivity (Wildman–Crippen MR) is 85.0 cm³/mol. The third-order valence-corrected chi connectivity index (χ3v) is 5.33. The standard InChI is InChI=1S/C16H17NOS2/c18-7-2-1-3-13-9-15(20-12-13)11-17-6-4-16-14(10-17)5-8-19-16/h5,8-9,12,18H,2,4,6-7,10-11H2. The average molecular weight is 303 g/mol. The lowest BCUT2D eigenvalue weighted by Crippen LogP contribution is -2.28. The molecule has 0 unspecified atom stereocenters. The molecule has 2 aromatic rings. The maximum Gasteiger partial charge on any atom is 0.0540 e. The van der Waals surface area contributed by atoms with E-state index in [1.165, 1.54) is 16.9 Å². The lowest BCUT2D eigenvalue weighted by Gasteiger charge is -2.26. The molecule has 3 rings (SSSR count). The van der Waals surface area contributed by atoms with Gasteiger partial charge in [0.2, 0.25) is 0 Å². The zero-order valence-electron chi connectivity index (χ0n) is 11.3. The first-order chi connectivity index (χ1) is 9.85. The highest BCUT2D eigenvalue weighted by atomic mass is 32.1. The normalized spacial score (nSPS) is 14.7. The Balaban J connectivity index is 1.61. The Morgan fingerprint density at radius 3 is 3.20 bits per heavy atom. The van der Waals surface area contributed by atoms with E-state index in [0.717, 1.165) is 25.2 Å². The zero-order valence-corrected chi connectivity index (χ0v) is 12.9. The third-order valence-electron chi connectivity index (χ3n) is 3.39. The number of hydrogen-bond donors (Lipinski definition) is 1. The molecule has 3 heterocycles. The second-order valence-electron chi connectivity index (χ2n) is 4.91. The van der Waals surface area contributed by atoms with Gasteiger partial charge >= 0.3 is 0 Å². The van der Waals surface area contributed by atoms with Crippen LogP contribution in [0.4, 0.5) is 0 Å². The lowest BCUT2D eigenvalue weighted by molar-refractivity contribution is 0.249. The fourth-order valence-electron chi connectivity index (χ4n) is 2.41. The Morgan fingerprint density at radius 2 is 2.30 bits per heavy atom. The van der Waals surface area contributed by atoms with Gasteiger partial charge in [-0.05, 0) is 29.5 Å². The lowest BCUT2D eigenvalue weighted by atomic mass is 10.1. The molecule has 2 nitrogen and oxygen atoms in total. The van der Waals surface area contributed by atoms with Crippen LogP contribution < -0.4 is 0 Å². The van der Waals surface area contributed by atoms with Crippen LogP contribution in [0.2, 0.25) is 0 Å². The van der Waals surface area contributed by atoms with Gasteiger partial charge in [0.15, 0.2) is 0 Å². The minimum Gasteiger partial charge on any atom is -0.395 e. The fourth-order valence-corrected chi connectivity index (χ4v) is 4.16. The summed E-state index contributed by atoms with van der Waals surface area (Å²) in [5.41, 5.74) is 2.58. The molecule has 0 aromatic carbocycles. The van der Waals surface area contributed by atoms with E-state index in [0.29, 0.717) is 6.42 Å². The minimum atomic E-state index is 0.140. The number of nitrogens with zero attached hydrogens (tertiary/aromatic N) is 1. The number of aliphatic hydroxyl groups excluding tert-OH is 1. The van der Waals surface area contributed by atoms with Gasteiger partial charge in [-0.15, -0.1) is 22.7 Å². The zero-order chi connectivity index (χ0) is 13.8. The summed E-state index contributed by atoms with van der Waals surface area (Å²) in [7, 11) is 0. The van der Waals surface area contributed by atoms with E-state index in [4.69, 9.17) is 5.11 Å². The Labute approximate surface area is 127 Å². The highest BCUT2D eigenvalue weighted by Gasteiger charge is 2.17. The molecule has 0 aliphatic carbocycles. The van der Waals surface area contributed by atoms with E-state index in [1.54, 1.807) is 16.2 Å². The number of fused-ring (bicyclic) bond motifs is 1. The summed E-state index contributed by atoms with van der Waals surface area (Å²) in [6, 6.07) is 4.44. The van der Waals surface area contributed by atoms with Gasteiger partial charge in [-0.1, -0.05) is 11.8 Å². The van der Waals surface area contributed by atoms with Crippen molar-refractivity contribution in [3.63, 3.8) is 0 Å². The van der Waals surface area contributed by atoms with Crippen molar-refractivity contribution in [3.8, 4) is 11.8 Å². The number of hydrogen-bond acceptors (Lipinski definition) is 4. The molecule has 0 spiro atoms. The molecule has 1 aliphatic rings. The van der Waals surface area contributed by atoms with Crippen LogP contribution in [0.25, 0.3) is 0 Å². The van der Waals surface area contributed by atoms with Gasteiger partial charge in [0.1, 0.15) is 0 Å². The average Bonchev–Trinajstić information content (AvgIpc) is 3.08. The van der Waals surface area contributed by atoms with Crippen LogP contribution in [-0.2, 0) is 19.5 Å². The SMILES string of the molecule is OCCC#Cc1csc(CN2CCc3sccc3C2)c1. The summed E-state index contributed by atoms with van der Waals surface area (Å²) in [6.45, 7) is 3.38. The Bertz CT molecular complexity index is 632. The molecule has 1 aliphatic heterocycles. The van der Waals surface area contributed by atoms with E-state index < -0.39 is 0 Å². The molecule has 0 amide bonds. The summed E-state index contributed by atoms with van der Waals surface area (Å²) in [5, 5.41) is 13.0. The van der Waals surface area contributed by atoms with Crippen molar-refractivity contribution in [2.75, 3.05) is 13.2 Å². The monoisotopic (exact) mass is 303 g/mol. The van der Waals surface area contributed by atoms with Crippen LogP contribution in [0.1, 0.15) is 27.3 Å². The van der Waals surface area contributed by atoms with E-state index in [-0.39, 0.29) is 6.61 Å². The predicted octanol–water partition coefficient (Wildman–Crippen LogP) is 3.10. The molecule has 104 valence electrons. The summed E-state index contributed by atoms with van der Waals surface area (Å²) in [5.74, 6) is 6.07. The largest absolute Gasteiger partial charge is 0.395 e. The molecule has 0 saturated heterocycles. The van der Waals surface area contributed by atoms with Crippen LogP contribution >= 0.6 is 22.7 Å². The molecular weight excluding hydrogens is 286 g/mol. The Kier molecular flexibility index (Phi) is 4.54. The van der Waals surface area contributed by atoms with Crippen LogP contribution in [0.3, 0.4) is 0 Å². The summed E-state index contributed by atoms with van der Waals surface area (Å²) in [4.78, 5) is 5.44. The second-order valence-corrected chi connectivity index (χ2v) is 6.90. The number of rotatable bonds is 3. The van der Waals surface area contributed by atoms with Gasteiger partial charge < -0.3 is 5.11 Å². The van der Waals surface area contributed by atoms with E-state index in [2.05, 4.69) is 39.6 Å². The Hall–Kier alpha value is -1.12. The Morgan fingerprint density at radius 1 is 1.35 bits per heavy atom. The molecule has 0 fully saturated rings. The molecule has 0 saturated carbocycles. The highest BCUT2D eigenvalue weighted by Crippen LogP contribution is 2.26. The topological polar surface area (TPSA) is 23.5 Å². The van der Waals surface area contributed by atoms with Gasteiger partial charge in [-0.3, -0.25) is 4.90 Å². The van der Waals surface area contributed by atoms with E-state index in [9.17, 15) is 0 Å². The first-order valence-electron chi connectivity index (χ1n) is 6.80. The highest BCUT2D eigenvalue weighted by molar-refractivity contribution is 7.10. The molecule has 20 heavy (non-hydrogen) atoms. The third kappa shape index (κ3) is 3.31. The molecule has 0 atom stereocenters. The minimum absolute atomic E-state index is 0.140. The first kappa shape index (κ1) is 13.8. The fraction of sp³-hybridized carbons (Fsp3) is 0.375. The van der Waals surface area contributed by atoms with E-state index in [1.807, 2.05) is 11.3 Å².